The first-order valence-corrected chi connectivity index (χ1v) is 10.4. The van der Waals surface area contributed by atoms with Crippen LogP contribution < -0.4 is 11.1 Å². The second-order valence-electron chi connectivity index (χ2n) is 7.94. The van der Waals surface area contributed by atoms with Crippen molar-refractivity contribution < 1.29 is 14.3 Å². The summed E-state index contributed by atoms with van der Waals surface area (Å²) in [4.78, 5) is 29.1. The Morgan fingerprint density at radius 2 is 2.00 bits per heavy atom. The monoisotopic (exact) mass is 404 g/mol. The maximum atomic E-state index is 12.7. The fourth-order valence-electron chi connectivity index (χ4n) is 4.63. The van der Waals surface area contributed by atoms with Gasteiger partial charge in [0.05, 0.1) is 11.2 Å². The van der Waals surface area contributed by atoms with Crippen LogP contribution in [0.2, 0.25) is 0 Å². The van der Waals surface area contributed by atoms with Crippen LogP contribution in [0.4, 0.5) is 5.69 Å². The van der Waals surface area contributed by atoms with Crippen molar-refractivity contribution in [3.63, 3.8) is 0 Å². The van der Waals surface area contributed by atoms with Crippen molar-refractivity contribution >= 4 is 28.4 Å². The summed E-state index contributed by atoms with van der Waals surface area (Å²) in [6, 6.07) is 10.1. The van der Waals surface area contributed by atoms with Gasteiger partial charge in [-0.1, -0.05) is 18.2 Å². The number of carbonyl (C=O) groups is 2. The number of hydrogen-bond acceptors (Lipinski definition) is 5. The topological polar surface area (TPSA) is 99.2 Å². The van der Waals surface area contributed by atoms with Gasteiger partial charge in [0.2, 0.25) is 5.91 Å². The Balaban J connectivity index is 1.66. The molecule has 3 N–H and O–H groups in total. The first-order valence-electron chi connectivity index (χ1n) is 10.4. The number of benzene rings is 1. The van der Waals surface area contributed by atoms with E-state index >= 15 is 0 Å². The Bertz CT molecular complexity index is 1140. The van der Waals surface area contributed by atoms with E-state index in [1.165, 1.54) is 0 Å². The quantitative estimate of drug-likeness (QED) is 0.695. The number of amides is 1. The van der Waals surface area contributed by atoms with E-state index in [2.05, 4.69) is 10.3 Å². The lowest BCUT2D eigenvalue weighted by molar-refractivity contribution is 0.0888. The van der Waals surface area contributed by atoms with Crippen molar-refractivity contribution in [3.05, 3.63) is 47.9 Å². The van der Waals surface area contributed by atoms with Crippen molar-refractivity contribution in [1.82, 2.24) is 9.55 Å². The number of para-hydroxylation sites is 1. The zero-order valence-corrected chi connectivity index (χ0v) is 16.7. The lowest BCUT2D eigenvalue weighted by atomic mass is 9.98. The molecule has 3 aromatic rings. The first-order chi connectivity index (χ1) is 14.6. The van der Waals surface area contributed by atoms with Crippen LogP contribution in [0.1, 0.15) is 46.7 Å². The molecule has 2 aliphatic rings. The minimum atomic E-state index is -0.560. The van der Waals surface area contributed by atoms with E-state index in [9.17, 15) is 9.59 Å². The third-order valence-electron chi connectivity index (χ3n) is 6.02. The third-order valence-corrected chi connectivity index (χ3v) is 6.02. The molecule has 7 nitrogen and oxygen atoms in total. The second kappa shape index (κ2) is 7.57. The van der Waals surface area contributed by atoms with Crippen molar-refractivity contribution in [2.45, 2.75) is 38.1 Å². The molecule has 30 heavy (non-hydrogen) atoms. The van der Waals surface area contributed by atoms with E-state index in [4.69, 9.17) is 10.5 Å². The zero-order valence-electron chi connectivity index (χ0n) is 16.7. The molecule has 1 amide bonds. The lowest BCUT2D eigenvalue weighted by Gasteiger charge is -2.25. The number of ether oxygens (including phenoxy) is 1. The number of primary amides is 1. The highest BCUT2D eigenvalue weighted by Crippen LogP contribution is 2.39. The van der Waals surface area contributed by atoms with Gasteiger partial charge < -0.3 is 15.8 Å². The van der Waals surface area contributed by atoms with Gasteiger partial charge in [0.15, 0.2) is 5.69 Å². The molecule has 2 aliphatic heterocycles. The molecule has 0 radical (unpaired) electrons. The number of nitrogens with zero attached hydrogens (tertiary/aromatic N) is 2. The summed E-state index contributed by atoms with van der Waals surface area (Å²) in [6.45, 7) is 1.38. The number of aromatic nitrogens is 2. The van der Waals surface area contributed by atoms with Gasteiger partial charge in [-0.25, -0.2) is 4.98 Å². The zero-order chi connectivity index (χ0) is 20.7. The maximum Gasteiger partial charge on any atom is 0.269 e. The number of nitrogens with two attached hydrogens (primary N) is 1. The number of rotatable bonds is 4. The molecule has 1 aromatic carbocycles. The Morgan fingerprint density at radius 1 is 1.20 bits per heavy atom. The van der Waals surface area contributed by atoms with E-state index in [0.717, 1.165) is 53.4 Å². The smallest absolute Gasteiger partial charge is 0.269 e. The molecule has 154 valence electrons. The van der Waals surface area contributed by atoms with Crippen LogP contribution in [0.3, 0.4) is 0 Å². The van der Waals surface area contributed by atoms with Gasteiger partial charge in [-0.05, 0) is 37.8 Å². The Labute approximate surface area is 174 Å². The predicted octanol–water partition coefficient (Wildman–Crippen LogP) is 3.37. The van der Waals surface area contributed by atoms with Gasteiger partial charge in [-0.15, -0.1) is 0 Å². The minimum Gasteiger partial charge on any atom is -0.381 e. The van der Waals surface area contributed by atoms with Crippen molar-refractivity contribution in [3.8, 4) is 11.1 Å². The summed E-state index contributed by atoms with van der Waals surface area (Å²) in [5.74, 6) is -0.434. The first kappa shape index (κ1) is 18.8. The molecule has 0 spiro atoms. The third kappa shape index (κ3) is 3.15. The molecule has 0 aliphatic carbocycles. The molecule has 5 rings (SSSR count). The van der Waals surface area contributed by atoms with Crippen molar-refractivity contribution in [2.24, 2.45) is 5.73 Å². The van der Waals surface area contributed by atoms with Gasteiger partial charge in [0, 0.05) is 54.1 Å². The summed E-state index contributed by atoms with van der Waals surface area (Å²) < 4.78 is 7.29. The van der Waals surface area contributed by atoms with E-state index < -0.39 is 5.91 Å². The molecular formula is C23H24N4O3. The van der Waals surface area contributed by atoms with Gasteiger partial charge >= 0.3 is 0 Å². The highest BCUT2D eigenvalue weighted by Gasteiger charge is 2.26. The summed E-state index contributed by atoms with van der Waals surface area (Å²) in [5, 5.41) is 4.47. The van der Waals surface area contributed by atoms with Crippen LogP contribution in [0.15, 0.2) is 36.5 Å². The number of pyridine rings is 1. The van der Waals surface area contributed by atoms with Gasteiger partial charge in [0.1, 0.15) is 0 Å². The van der Waals surface area contributed by atoms with Crippen LogP contribution >= 0.6 is 0 Å². The SMILES string of the molecule is NC(=O)c1ncc(-c2c3n(c4ccccc24)C(=O)CCC3)cc1NC1CCOCC1. The molecular weight excluding hydrogens is 380 g/mol. The molecule has 7 heteroatoms. The molecule has 1 fully saturated rings. The molecule has 1 saturated heterocycles. The van der Waals surface area contributed by atoms with E-state index in [0.29, 0.717) is 25.3 Å². The Morgan fingerprint density at radius 3 is 2.80 bits per heavy atom. The average Bonchev–Trinajstić information content (AvgIpc) is 3.10. The Kier molecular flexibility index (Phi) is 4.75. The summed E-state index contributed by atoms with van der Waals surface area (Å²) in [5.41, 5.74) is 10.3. The largest absolute Gasteiger partial charge is 0.381 e. The minimum absolute atomic E-state index is 0.126. The molecule has 4 heterocycles. The van der Waals surface area contributed by atoms with Crippen LogP contribution in [0.5, 0.6) is 0 Å². The van der Waals surface area contributed by atoms with E-state index in [1.807, 2.05) is 34.9 Å². The van der Waals surface area contributed by atoms with Crippen molar-refractivity contribution in [1.29, 1.82) is 0 Å². The van der Waals surface area contributed by atoms with Crippen LogP contribution in [-0.4, -0.2) is 40.6 Å². The summed E-state index contributed by atoms with van der Waals surface area (Å²) in [6.07, 6.45) is 5.64. The second-order valence-corrected chi connectivity index (χ2v) is 7.94. The fourth-order valence-corrected chi connectivity index (χ4v) is 4.63. The molecule has 0 atom stereocenters. The van der Waals surface area contributed by atoms with E-state index in [-0.39, 0.29) is 17.6 Å². The normalized spacial score (nSPS) is 17.1. The highest BCUT2D eigenvalue weighted by atomic mass is 16.5. The fraction of sp³-hybridized carbons (Fsp3) is 0.348. The standard InChI is InChI=1S/C23H24N4O3/c24-23(29)22-17(26-15-8-10-30-11-9-15)12-14(13-25-22)21-16-4-1-2-5-18(16)27-19(21)6-3-7-20(27)28/h1-2,4-5,12-13,15,26H,3,6-11H2,(H2,24,29). The van der Waals surface area contributed by atoms with Crippen molar-refractivity contribution in [2.75, 3.05) is 18.5 Å². The lowest BCUT2D eigenvalue weighted by Crippen LogP contribution is -2.29. The van der Waals surface area contributed by atoms with E-state index in [1.54, 1.807) is 6.20 Å². The number of nitrogens with one attached hydrogen (secondary N) is 1. The number of carbonyl (C=O) groups excluding carboxylic acids is 2. The van der Waals surface area contributed by atoms with Gasteiger partial charge in [-0.3, -0.25) is 14.2 Å². The average molecular weight is 404 g/mol. The highest BCUT2D eigenvalue weighted by molar-refractivity contribution is 6.05. The summed E-state index contributed by atoms with van der Waals surface area (Å²) >= 11 is 0. The number of hydrogen-bond donors (Lipinski definition) is 2. The number of fused-ring (bicyclic) bond motifs is 3. The van der Waals surface area contributed by atoms with Crippen LogP contribution in [0, 0.1) is 0 Å². The van der Waals surface area contributed by atoms with Crippen LogP contribution in [-0.2, 0) is 11.2 Å². The van der Waals surface area contributed by atoms with Crippen LogP contribution in [0.25, 0.3) is 22.0 Å². The summed E-state index contributed by atoms with van der Waals surface area (Å²) in [7, 11) is 0. The molecule has 2 aromatic heterocycles. The maximum absolute atomic E-state index is 12.7. The van der Waals surface area contributed by atoms with Gasteiger partial charge in [-0.2, -0.15) is 0 Å². The molecule has 0 unspecified atom stereocenters. The molecule has 0 saturated carbocycles. The predicted molar refractivity (Wildman–Crippen MR) is 115 cm³/mol. The van der Waals surface area contributed by atoms with Gasteiger partial charge in [0.25, 0.3) is 5.91 Å². The number of anilines is 1. The Hall–Kier alpha value is -3.19. The molecule has 0 bridgehead atoms.